The molecule has 3 heteroatoms. The Kier molecular flexibility index (Phi) is 13.7. The van der Waals surface area contributed by atoms with Crippen molar-refractivity contribution in [2.24, 2.45) is 11.8 Å². The second kappa shape index (κ2) is 17.3. The normalized spacial score (nSPS) is 18.1. The van der Waals surface area contributed by atoms with Crippen LogP contribution in [0.5, 0.6) is 5.75 Å². The molecule has 1 saturated carbocycles. The zero-order chi connectivity index (χ0) is 25.3. The Morgan fingerprint density at radius 2 is 1.42 bits per heavy atom. The van der Waals surface area contributed by atoms with Crippen LogP contribution in [-0.4, -0.2) is 16.6 Å². The second-order valence-corrected chi connectivity index (χ2v) is 10.8. The summed E-state index contributed by atoms with van der Waals surface area (Å²) in [5, 5.41) is 0. The van der Waals surface area contributed by atoms with Crippen LogP contribution in [0.25, 0.3) is 11.4 Å². The number of nitrogens with zero attached hydrogens (tertiary/aromatic N) is 2. The molecule has 36 heavy (non-hydrogen) atoms. The van der Waals surface area contributed by atoms with Gasteiger partial charge < -0.3 is 4.74 Å². The van der Waals surface area contributed by atoms with E-state index < -0.39 is 0 Å². The summed E-state index contributed by atoms with van der Waals surface area (Å²) in [6.07, 6.45) is 30.1. The number of ether oxygens (including phenoxy) is 1. The zero-order valence-electron chi connectivity index (χ0n) is 23.1. The van der Waals surface area contributed by atoms with Gasteiger partial charge in [-0.05, 0) is 80.2 Å². The number of aryl methyl sites for hydroxylation is 1. The van der Waals surface area contributed by atoms with E-state index >= 15 is 0 Å². The summed E-state index contributed by atoms with van der Waals surface area (Å²) in [7, 11) is 0. The Hall–Kier alpha value is -2.16. The standard InChI is InChI=1S/C33H50N2O/c1-3-5-7-8-9-10-12-15-30-26-34-33(35-27-30)31-21-23-32(24-22-31)36-25-13-16-29-19-17-28(18-20-29)14-11-6-4-2/h13,16,21-24,26-29H,3-12,14-15,17-20,25H2,1-2H3. The molecule has 1 aromatic carbocycles. The van der Waals surface area contributed by atoms with E-state index in [-0.39, 0.29) is 0 Å². The molecule has 1 aromatic heterocycles. The van der Waals surface area contributed by atoms with Gasteiger partial charge in [-0.2, -0.15) is 0 Å². The van der Waals surface area contributed by atoms with E-state index in [9.17, 15) is 0 Å². The zero-order valence-corrected chi connectivity index (χ0v) is 23.1. The molecule has 0 unspecified atom stereocenters. The molecule has 3 nitrogen and oxygen atoms in total. The molecule has 1 aliphatic carbocycles. The van der Waals surface area contributed by atoms with Gasteiger partial charge in [-0.15, -0.1) is 0 Å². The lowest BCUT2D eigenvalue weighted by molar-refractivity contribution is 0.288. The third kappa shape index (κ3) is 10.8. The van der Waals surface area contributed by atoms with Gasteiger partial charge in [-0.1, -0.05) is 90.2 Å². The summed E-state index contributed by atoms with van der Waals surface area (Å²) in [5.74, 6) is 3.40. The molecule has 0 aliphatic heterocycles. The summed E-state index contributed by atoms with van der Waals surface area (Å²) in [5.41, 5.74) is 2.28. The summed E-state index contributed by atoms with van der Waals surface area (Å²) in [6.45, 7) is 5.20. The highest BCUT2D eigenvalue weighted by molar-refractivity contribution is 5.55. The lowest BCUT2D eigenvalue weighted by Gasteiger charge is -2.26. The number of hydrogen-bond acceptors (Lipinski definition) is 3. The molecule has 0 N–H and O–H groups in total. The van der Waals surface area contributed by atoms with Gasteiger partial charge in [0.05, 0.1) is 0 Å². The lowest BCUT2D eigenvalue weighted by atomic mass is 9.79. The van der Waals surface area contributed by atoms with Crippen molar-refractivity contribution in [2.75, 3.05) is 6.61 Å². The summed E-state index contributed by atoms with van der Waals surface area (Å²) in [4.78, 5) is 9.22. The predicted molar refractivity (Wildman–Crippen MR) is 153 cm³/mol. The summed E-state index contributed by atoms with van der Waals surface area (Å²) < 4.78 is 5.95. The SMILES string of the molecule is CCCCCCCCCc1cnc(-c2ccc(OCC=CC3CCC(CCCCC)CC3)cc2)nc1. The maximum atomic E-state index is 5.95. The second-order valence-electron chi connectivity index (χ2n) is 10.8. The molecule has 0 atom stereocenters. The van der Waals surface area contributed by atoms with E-state index in [2.05, 4.69) is 48.1 Å². The Labute approximate surface area is 221 Å². The molecule has 0 spiro atoms. The van der Waals surface area contributed by atoms with Crippen molar-refractivity contribution in [1.29, 1.82) is 0 Å². The molecule has 0 radical (unpaired) electrons. The van der Waals surface area contributed by atoms with Gasteiger partial charge in [0, 0.05) is 18.0 Å². The van der Waals surface area contributed by atoms with Crippen LogP contribution in [0.4, 0.5) is 0 Å². The van der Waals surface area contributed by atoms with Crippen molar-refractivity contribution in [1.82, 2.24) is 9.97 Å². The Morgan fingerprint density at radius 3 is 2.11 bits per heavy atom. The van der Waals surface area contributed by atoms with Gasteiger partial charge in [-0.3, -0.25) is 0 Å². The fraction of sp³-hybridized carbons (Fsp3) is 0.636. The molecular weight excluding hydrogens is 440 g/mol. The fourth-order valence-corrected chi connectivity index (χ4v) is 5.36. The monoisotopic (exact) mass is 490 g/mol. The molecule has 0 bridgehead atoms. The van der Waals surface area contributed by atoms with Crippen molar-refractivity contribution in [3.05, 3.63) is 54.4 Å². The first-order chi connectivity index (χ1) is 17.8. The van der Waals surface area contributed by atoms with Crippen LogP contribution in [0.2, 0.25) is 0 Å². The lowest BCUT2D eigenvalue weighted by Crippen LogP contribution is -2.13. The number of hydrogen-bond donors (Lipinski definition) is 0. The highest BCUT2D eigenvalue weighted by atomic mass is 16.5. The number of benzene rings is 1. The van der Waals surface area contributed by atoms with E-state index in [1.165, 1.54) is 102 Å². The number of unbranched alkanes of at least 4 members (excludes halogenated alkanes) is 8. The molecule has 3 rings (SSSR count). The van der Waals surface area contributed by atoms with Crippen molar-refractivity contribution >= 4 is 0 Å². The first-order valence-electron chi connectivity index (χ1n) is 15.0. The first-order valence-corrected chi connectivity index (χ1v) is 15.0. The van der Waals surface area contributed by atoms with Crippen LogP contribution >= 0.6 is 0 Å². The van der Waals surface area contributed by atoms with E-state index in [0.29, 0.717) is 6.61 Å². The summed E-state index contributed by atoms with van der Waals surface area (Å²) >= 11 is 0. The third-order valence-corrected chi connectivity index (χ3v) is 7.75. The molecule has 198 valence electrons. The highest BCUT2D eigenvalue weighted by Crippen LogP contribution is 2.32. The number of allylic oxidation sites excluding steroid dienone is 1. The van der Waals surface area contributed by atoms with Gasteiger partial charge >= 0.3 is 0 Å². The van der Waals surface area contributed by atoms with Crippen LogP contribution in [-0.2, 0) is 6.42 Å². The molecule has 1 aliphatic rings. The van der Waals surface area contributed by atoms with Crippen molar-refractivity contribution in [3.63, 3.8) is 0 Å². The van der Waals surface area contributed by atoms with Crippen molar-refractivity contribution in [2.45, 2.75) is 117 Å². The quantitative estimate of drug-likeness (QED) is 0.163. The predicted octanol–water partition coefficient (Wildman–Crippen LogP) is 9.76. The van der Waals surface area contributed by atoms with Crippen LogP contribution in [0.3, 0.4) is 0 Å². The minimum Gasteiger partial charge on any atom is -0.490 e. The van der Waals surface area contributed by atoms with Crippen LogP contribution < -0.4 is 4.74 Å². The average Bonchev–Trinajstić information content (AvgIpc) is 2.92. The minimum absolute atomic E-state index is 0.638. The van der Waals surface area contributed by atoms with Gasteiger partial charge in [-0.25, -0.2) is 9.97 Å². The van der Waals surface area contributed by atoms with Crippen LogP contribution in [0.15, 0.2) is 48.8 Å². The Balaban J connectivity index is 1.32. The average molecular weight is 491 g/mol. The van der Waals surface area contributed by atoms with Gasteiger partial charge in [0.25, 0.3) is 0 Å². The molecule has 0 amide bonds. The minimum atomic E-state index is 0.638. The maximum Gasteiger partial charge on any atom is 0.159 e. The van der Waals surface area contributed by atoms with E-state index in [0.717, 1.165) is 35.4 Å². The highest BCUT2D eigenvalue weighted by Gasteiger charge is 2.18. The topological polar surface area (TPSA) is 35.0 Å². The van der Waals surface area contributed by atoms with E-state index in [1.807, 2.05) is 24.5 Å². The smallest absolute Gasteiger partial charge is 0.159 e. The largest absolute Gasteiger partial charge is 0.490 e. The molecule has 1 heterocycles. The third-order valence-electron chi connectivity index (χ3n) is 7.75. The van der Waals surface area contributed by atoms with Crippen LogP contribution in [0.1, 0.15) is 116 Å². The Morgan fingerprint density at radius 1 is 0.778 bits per heavy atom. The van der Waals surface area contributed by atoms with Gasteiger partial charge in [0.1, 0.15) is 12.4 Å². The Bertz CT molecular complexity index is 835. The molecule has 2 aromatic rings. The van der Waals surface area contributed by atoms with Crippen molar-refractivity contribution in [3.8, 4) is 17.1 Å². The molecular formula is C33H50N2O. The van der Waals surface area contributed by atoms with E-state index in [1.54, 1.807) is 0 Å². The first kappa shape index (κ1) is 28.4. The molecule has 1 fully saturated rings. The number of rotatable bonds is 17. The summed E-state index contributed by atoms with van der Waals surface area (Å²) in [6, 6.07) is 8.18. The fourth-order valence-electron chi connectivity index (χ4n) is 5.36. The van der Waals surface area contributed by atoms with Crippen molar-refractivity contribution < 1.29 is 4.74 Å². The van der Waals surface area contributed by atoms with Crippen LogP contribution in [0, 0.1) is 11.8 Å². The number of aromatic nitrogens is 2. The van der Waals surface area contributed by atoms with E-state index in [4.69, 9.17) is 4.74 Å². The molecule has 0 saturated heterocycles. The van der Waals surface area contributed by atoms with Gasteiger partial charge in [0.15, 0.2) is 5.82 Å². The maximum absolute atomic E-state index is 5.95. The van der Waals surface area contributed by atoms with Gasteiger partial charge in [0.2, 0.25) is 0 Å².